The first-order chi connectivity index (χ1) is 8.30. The van der Waals surface area contributed by atoms with Crippen molar-refractivity contribution in [3.05, 3.63) is 24.3 Å². The van der Waals surface area contributed by atoms with Crippen molar-refractivity contribution in [2.45, 2.75) is 6.92 Å². The lowest BCUT2D eigenvalue weighted by Gasteiger charge is -2.05. The molecule has 0 aliphatic heterocycles. The number of hydrogen-bond donors (Lipinski definition) is 2. The van der Waals surface area contributed by atoms with Crippen molar-refractivity contribution in [1.29, 1.82) is 0 Å². The highest BCUT2D eigenvalue weighted by atomic mass is 32.2. The molecule has 0 aliphatic carbocycles. The number of carbonyl (C=O) groups is 1. The zero-order valence-corrected chi connectivity index (χ0v) is 11.6. The molecule has 0 spiro atoms. The SMILES string of the molecule is CCS(=O)(=O)Nc1ccc(N)cc1.CN(C)C=O. The summed E-state index contributed by atoms with van der Waals surface area (Å²) in [5.41, 5.74) is 6.59. The molecule has 0 aromatic heterocycles. The fourth-order valence-corrected chi connectivity index (χ4v) is 1.44. The van der Waals surface area contributed by atoms with Crippen LogP contribution >= 0.6 is 0 Å². The molecule has 6 nitrogen and oxygen atoms in total. The maximum Gasteiger partial charge on any atom is 0.232 e. The van der Waals surface area contributed by atoms with Gasteiger partial charge >= 0.3 is 0 Å². The van der Waals surface area contributed by atoms with Gasteiger partial charge in [0.15, 0.2) is 0 Å². The van der Waals surface area contributed by atoms with E-state index in [9.17, 15) is 13.2 Å². The maximum atomic E-state index is 11.1. The van der Waals surface area contributed by atoms with E-state index >= 15 is 0 Å². The molecule has 0 unspecified atom stereocenters. The number of nitrogens with one attached hydrogen (secondary N) is 1. The van der Waals surface area contributed by atoms with E-state index < -0.39 is 10.0 Å². The van der Waals surface area contributed by atoms with Crippen LogP contribution in [0.25, 0.3) is 0 Å². The van der Waals surface area contributed by atoms with Gasteiger partial charge in [-0.15, -0.1) is 0 Å². The molecule has 7 heteroatoms. The lowest BCUT2D eigenvalue weighted by molar-refractivity contribution is -0.115. The Hall–Kier alpha value is -1.76. The predicted octanol–water partition coefficient (Wildman–Crippen LogP) is 0.735. The van der Waals surface area contributed by atoms with E-state index in [2.05, 4.69) is 4.72 Å². The molecule has 1 rings (SSSR count). The van der Waals surface area contributed by atoms with E-state index in [-0.39, 0.29) is 5.75 Å². The van der Waals surface area contributed by atoms with E-state index in [0.717, 1.165) is 6.41 Å². The predicted molar refractivity (Wildman–Crippen MR) is 73.7 cm³/mol. The van der Waals surface area contributed by atoms with E-state index in [4.69, 9.17) is 5.73 Å². The summed E-state index contributed by atoms with van der Waals surface area (Å²) in [6, 6.07) is 6.55. The van der Waals surface area contributed by atoms with Gasteiger partial charge in [0.05, 0.1) is 5.75 Å². The fraction of sp³-hybridized carbons (Fsp3) is 0.364. The van der Waals surface area contributed by atoms with E-state index in [1.807, 2.05) is 0 Å². The lowest BCUT2D eigenvalue weighted by atomic mass is 10.3. The number of nitrogen functional groups attached to an aromatic ring is 1. The summed E-state index contributed by atoms with van der Waals surface area (Å²) < 4.78 is 24.6. The summed E-state index contributed by atoms with van der Waals surface area (Å²) in [6.45, 7) is 1.58. The van der Waals surface area contributed by atoms with Crippen LogP contribution < -0.4 is 10.5 Å². The molecule has 1 amide bonds. The molecule has 1 aromatic carbocycles. The minimum Gasteiger partial charge on any atom is -0.399 e. The standard InChI is InChI=1S/C8H12N2O2S.C3H7NO/c1-2-13(11,12)10-8-5-3-7(9)4-6-8;1-4(2)3-5/h3-6,10H,2,9H2,1H3;3H,1-2H3. The smallest absolute Gasteiger partial charge is 0.232 e. The van der Waals surface area contributed by atoms with Crippen LogP contribution in [-0.2, 0) is 14.8 Å². The summed E-state index contributed by atoms with van der Waals surface area (Å²) in [5.74, 6) is 0.0668. The lowest BCUT2D eigenvalue weighted by Crippen LogP contribution is -2.14. The van der Waals surface area contributed by atoms with Gasteiger partial charge in [0.25, 0.3) is 0 Å². The zero-order valence-electron chi connectivity index (χ0n) is 10.8. The highest BCUT2D eigenvalue weighted by Gasteiger charge is 2.05. The van der Waals surface area contributed by atoms with Gasteiger partial charge in [-0.05, 0) is 31.2 Å². The van der Waals surface area contributed by atoms with Crippen molar-refractivity contribution in [1.82, 2.24) is 4.90 Å². The third-order valence-corrected chi connectivity index (χ3v) is 3.08. The topological polar surface area (TPSA) is 92.5 Å². The molecule has 0 saturated heterocycles. The number of amides is 1. The molecular formula is C11H19N3O3S. The number of nitrogens with two attached hydrogens (primary N) is 1. The zero-order chi connectivity index (χ0) is 14.2. The Morgan fingerprint density at radius 1 is 1.28 bits per heavy atom. The van der Waals surface area contributed by atoms with Gasteiger partial charge in [-0.3, -0.25) is 9.52 Å². The van der Waals surface area contributed by atoms with Crippen LogP contribution in [0, 0.1) is 0 Å². The molecule has 18 heavy (non-hydrogen) atoms. The molecule has 0 radical (unpaired) electrons. The highest BCUT2D eigenvalue weighted by Crippen LogP contribution is 2.11. The molecule has 0 bridgehead atoms. The summed E-state index contributed by atoms with van der Waals surface area (Å²) >= 11 is 0. The van der Waals surface area contributed by atoms with Gasteiger partial charge in [-0.2, -0.15) is 0 Å². The number of benzene rings is 1. The fourth-order valence-electron chi connectivity index (χ4n) is 0.803. The molecule has 0 heterocycles. The summed E-state index contributed by atoms with van der Waals surface area (Å²) in [7, 11) is 0.199. The Balaban J connectivity index is 0.000000494. The normalized spacial score (nSPS) is 9.94. The minimum atomic E-state index is -3.18. The van der Waals surface area contributed by atoms with Crippen LogP contribution in [0.3, 0.4) is 0 Å². The highest BCUT2D eigenvalue weighted by molar-refractivity contribution is 7.92. The number of nitrogens with zero attached hydrogens (tertiary/aromatic N) is 1. The van der Waals surface area contributed by atoms with E-state index in [1.54, 1.807) is 45.3 Å². The van der Waals surface area contributed by atoms with Gasteiger partial charge in [-0.25, -0.2) is 8.42 Å². The third-order valence-electron chi connectivity index (χ3n) is 1.77. The Morgan fingerprint density at radius 3 is 2.06 bits per heavy atom. The van der Waals surface area contributed by atoms with E-state index in [1.165, 1.54) is 4.90 Å². The van der Waals surface area contributed by atoms with Gasteiger partial charge in [0.2, 0.25) is 16.4 Å². The summed E-state index contributed by atoms with van der Waals surface area (Å²) in [5, 5.41) is 0. The van der Waals surface area contributed by atoms with Crippen LogP contribution in [-0.4, -0.2) is 39.6 Å². The first-order valence-corrected chi connectivity index (χ1v) is 6.93. The van der Waals surface area contributed by atoms with Gasteiger partial charge in [0.1, 0.15) is 0 Å². The molecule has 102 valence electrons. The molecule has 3 N–H and O–H groups in total. The van der Waals surface area contributed by atoms with Crippen LogP contribution in [0.1, 0.15) is 6.92 Å². The van der Waals surface area contributed by atoms with Crippen molar-refractivity contribution in [3.8, 4) is 0 Å². The quantitative estimate of drug-likeness (QED) is 0.625. The van der Waals surface area contributed by atoms with Crippen molar-refractivity contribution in [2.24, 2.45) is 0 Å². The van der Waals surface area contributed by atoms with Gasteiger partial charge < -0.3 is 10.6 Å². The number of sulfonamides is 1. The number of rotatable bonds is 4. The van der Waals surface area contributed by atoms with Gasteiger partial charge in [-0.1, -0.05) is 0 Å². The van der Waals surface area contributed by atoms with Crippen molar-refractivity contribution < 1.29 is 13.2 Å². The van der Waals surface area contributed by atoms with E-state index in [0.29, 0.717) is 11.4 Å². The second kappa shape index (κ2) is 7.54. The second-order valence-corrected chi connectivity index (χ2v) is 5.71. The Kier molecular flexibility index (Phi) is 6.81. The first kappa shape index (κ1) is 16.2. The molecule has 0 atom stereocenters. The maximum absolute atomic E-state index is 11.1. The first-order valence-electron chi connectivity index (χ1n) is 5.28. The summed E-state index contributed by atoms with van der Waals surface area (Å²) in [6.07, 6.45) is 0.750. The Morgan fingerprint density at radius 2 is 1.72 bits per heavy atom. The monoisotopic (exact) mass is 273 g/mol. The largest absolute Gasteiger partial charge is 0.399 e. The Bertz CT molecular complexity index is 455. The minimum absolute atomic E-state index is 0.0668. The Labute approximate surface area is 108 Å². The summed E-state index contributed by atoms with van der Waals surface area (Å²) in [4.78, 5) is 10.9. The van der Waals surface area contributed by atoms with Gasteiger partial charge in [0, 0.05) is 25.5 Å². The number of hydrogen-bond acceptors (Lipinski definition) is 4. The van der Waals surface area contributed by atoms with Crippen LogP contribution in [0.4, 0.5) is 11.4 Å². The molecule has 0 aliphatic rings. The molecule has 0 fully saturated rings. The molecular weight excluding hydrogens is 254 g/mol. The van der Waals surface area contributed by atoms with Crippen LogP contribution in [0.15, 0.2) is 24.3 Å². The van der Waals surface area contributed by atoms with Crippen molar-refractivity contribution in [2.75, 3.05) is 30.3 Å². The average Bonchev–Trinajstić information content (AvgIpc) is 2.33. The number of anilines is 2. The van der Waals surface area contributed by atoms with Crippen LogP contribution in [0.5, 0.6) is 0 Å². The van der Waals surface area contributed by atoms with Crippen LogP contribution in [0.2, 0.25) is 0 Å². The third kappa shape index (κ3) is 7.50. The molecule has 0 saturated carbocycles. The second-order valence-electron chi connectivity index (χ2n) is 3.70. The number of carbonyl (C=O) groups excluding carboxylic acids is 1. The van der Waals surface area contributed by atoms with Crippen molar-refractivity contribution in [3.63, 3.8) is 0 Å². The van der Waals surface area contributed by atoms with Crippen molar-refractivity contribution >= 4 is 27.8 Å². The average molecular weight is 273 g/mol. The molecule has 1 aromatic rings.